The minimum atomic E-state index is -0.122. The van der Waals surface area contributed by atoms with Gasteiger partial charge in [0.15, 0.2) is 0 Å². The largest absolute Gasteiger partial charge is 0.310 e. The van der Waals surface area contributed by atoms with E-state index in [2.05, 4.69) is 289 Å². The number of para-hydroxylation sites is 2. The summed E-state index contributed by atoms with van der Waals surface area (Å²) in [7, 11) is 0. The third-order valence-electron chi connectivity index (χ3n) is 15.8. The van der Waals surface area contributed by atoms with Crippen LogP contribution in [0, 0.1) is 0 Å². The fraction of sp³-hybridized carbons (Fsp3) is 0.278. The van der Waals surface area contributed by atoms with Crippen molar-refractivity contribution in [2.24, 2.45) is 0 Å². The lowest BCUT2D eigenvalue weighted by Crippen LogP contribution is -2.17. The molecule has 0 saturated heterocycles. The maximum absolute atomic E-state index is 2.55. The van der Waals surface area contributed by atoms with Crippen molar-refractivity contribution in [2.45, 2.75) is 131 Å². The molecule has 1 heterocycles. The number of benzene rings is 10. The molecule has 0 aliphatic heterocycles. The molecule has 0 aliphatic rings. The smallest absolute Gasteiger partial charge is 0.0541 e. The Labute approximate surface area is 441 Å². The van der Waals surface area contributed by atoms with Gasteiger partial charge in [-0.25, -0.2) is 0 Å². The van der Waals surface area contributed by atoms with Crippen LogP contribution in [0.5, 0.6) is 0 Å². The molecule has 10 aromatic carbocycles. The molecular formula is C72H74N2. The number of aromatic nitrogens is 1. The number of hydrogen-bond donors (Lipinski definition) is 0. The normalized spacial score (nSPS) is 13.1. The van der Waals surface area contributed by atoms with Gasteiger partial charge in [-0.15, -0.1) is 0 Å². The van der Waals surface area contributed by atoms with Crippen LogP contribution < -0.4 is 4.90 Å². The van der Waals surface area contributed by atoms with Gasteiger partial charge in [0.25, 0.3) is 0 Å². The van der Waals surface area contributed by atoms with Gasteiger partial charge in [0.2, 0.25) is 0 Å². The van der Waals surface area contributed by atoms with Gasteiger partial charge in [-0.2, -0.15) is 0 Å². The van der Waals surface area contributed by atoms with Gasteiger partial charge in [-0.1, -0.05) is 231 Å². The first-order valence-corrected chi connectivity index (χ1v) is 26.9. The summed E-state index contributed by atoms with van der Waals surface area (Å²) in [5.74, 6) is 0. The highest BCUT2D eigenvalue weighted by Gasteiger charge is 2.27. The highest BCUT2D eigenvalue weighted by atomic mass is 15.1. The molecule has 0 spiro atoms. The molecule has 1 aromatic heterocycles. The molecule has 11 rings (SSSR count). The fourth-order valence-corrected chi connectivity index (χ4v) is 11.2. The van der Waals surface area contributed by atoms with E-state index in [9.17, 15) is 0 Å². The summed E-state index contributed by atoms with van der Waals surface area (Å²) < 4.78 is 2.48. The van der Waals surface area contributed by atoms with Crippen molar-refractivity contribution in [3.8, 4) is 27.9 Å². The minimum Gasteiger partial charge on any atom is -0.310 e. The molecule has 0 radical (unpaired) electrons. The molecule has 0 N–H and O–H groups in total. The van der Waals surface area contributed by atoms with Crippen LogP contribution in [0.2, 0.25) is 0 Å². The summed E-state index contributed by atoms with van der Waals surface area (Å²) in [6.07, 6.45) is 0. The molecule has 0 amide bonds. The third kappa shape index (κ3) is 8.64. The number of rotatable bonds is 6. The van der Waals surface area contributed by atoms with Crippen LogP contribution in [0.1, 0.15) is 132 Å². The predicted molar refractivity (Wildman–Crippen MR) is 324 cm³/mol. The van der Waals surface area contributed by atoms with Crippen molar-refractivity contribution < 1.29 is 0 Å². The Balaban J connectivity index is 1.18. The molecule has 0 fully saturated rings. The molecule has 11 aromatic rings. The second-order valence-corrected chi connectivity index (χ2v) is 26.5. The quantitative estimate of drug-likeness (QED) is 0.151. The Morgan fingerprint density at radius 3 is 1.18 bits per heavy atom. The summed E-state index contributed by atoms with van der Waals surface area (Å²) in [6.45, 7) is 35.0. The van der Waals surface area contributed by atoms with Gasteiger partial charge >= 0.3 is 0 Å². The van der Waals surface area contributed by atoms with E-state index in [-0.39, 0.29) is 27.1 Å². The number of anilines is 3. The Hall–Kier alpha value is -7.16. The molecule has 0 atom stereocenters. The van der Waals surface area contributed by atoms with Crippen LogP contribution in [-0.4, -0.2) is 4.57 Å². The number of hydrogen-bond acceptors (Lipinski definition) is 1. The van der Waals surface area contributed by atoms with Gasteiger partial charge < -0.3 is 9.47 Å². The molecule has 0 bridgehead atoms. The second-order valence-electron chi connectivity index (χ2n) is 26.5. The van der Waals surface area contributed by atoms with Gasteiger partial charge in [0.05, 0.1) is 22.4 Å². The number of nitrogens with zero attached hydrogens (tertiary/aromatic N) is 2. The Morgan fingerprint density at radius 2 is 0.689 bits per heavy atom. The minimum absolute atomic E-state index is 0.0157. The summed E-state index contributed by atoms with van der Waals surface area (Å²) in [4.78, 5) is 2.55. The van der Waals surface area contributed by atoms with E-state index < -0.39 is 0 Å². The maximum atomic E-state index is 2.55. The Kier molecular flexibility index (Phi) is 11.4. The molecular weight excluding hydrogens is 893 g/mol. The highest BCUT2D eigenvalue weighted by molar-refractivity contribution is 6.27. The standard InChI is InChI=1S/C72H74N2/c1-68(2,3)51-36-48(37-52(42-51)69(4,5)6)45-24-30-56(31-25-45)73(57-41-50(40-55(44-57)72(13,14)15)49-38-53(70(7,8)9)43-54(39-49)71(10,11)12)64-34-28-46-27-33-61-65(35-29-47-26-32-60(64)66(46)67(47)61)74-62-22-18-16-20-58(62)59-21-17-19-23-63(59)74/h16-44H,1-15H3. The average molecular weight is 967 g/mol. The Bertz CT molecular complexity index is 3840. The van der Waals surface area contributed by atoms with Crippen molar-refractivity contribution in [1.82, 2.24) is 4.57 Å². The molecule has 0 aliphatic carbocycles. The molecule has 2 heteroatoms. The first kappa shape index (κ1) is 49.1. The van der Waals surface area contributed by atoms with Crippen molar-refractivity contribution in [1.29, 1.82) is 0 Å². The molecule has 372 valence electrons. The highest BCUT2D eigenvalue weighted by Crippen LogP contribution is 2.48. The van der Waals surface area contributed by atoms with Crippen molar-refractivity contribution in [3.05, 3.63) is 204 Å². The van der Waals surface area contributed by atoms with Crippen molar-refractivity contribution in [3.63, 3.8) is 0 Å². The van der Waals surface area contributed by atoms with Crippen LogP contribution in [-0.2, 0) is 27.1 Å². The third-order valence-corrected chi connectivity index (χ3v) is 15.8. The SMILES string of the molecule is CC(C)(C)c1cc(-c2cc(C(C)(C)C)cc(C(C)(C)C)c2)cc(N(c2ccc(-c3cc(C(C)(C)C)cc(C(C)(C)C)c3)cc2)c2ccc3ccc4c(-n5c6ccccc6c6ccccc65)ccc5ccc2c3c54)c1. The van der Waals surface area contributed by atoms with E-state index in [0.717, 1.165) is 17.1 Å². The van der Waals surface area contributed by atoms with E-state index in [1.807, 2.05) is 0 Å². The van der Waals surface area contributed by atoms with Crippen LogP contribution >= 0.6 is 0 Å². The zero-order chi connectivity index (χ0) is 52.4. The zero-order valence-electron chi connectivity index (χ0n) is 46.6. The lowest BCUT2D eigenvalue weighted by molar-refractivity contribution is 0.568. The Morgan fingerprint density at radius 1 is 0.297 bits per heavy atom. The van der Waals surface area contributed by atoms with E-state index in [0.29, 0.717) is 0 Å². The van der Waals surface area contributed by atoms with Gasteiger partial charge in [0.1, 0.15) is 0 Å². The molecule has 0 saturated carbocycles. The average Bonchev–Trinajstić information content (AvgIpc) is 3.69. The first-order chi connectivity index (χ1) is 34.8. The first-order valence-electron chi connectivity index (χ1n) is 26.9. The van der Waals surface area contributed by atoms with E-state index in [1.165, 1.54) is 110 Å². The van der Waals surface area contributed by atoms with Crippen molar-refractivity contribution in [2.75, 3.05) is 4.90 Å². The maximum Gasteiger partial charge on any atom is 0.0541 e. The molecule has 0 unspecified atom stereocenters. The van der Waals surface area contributed by atoms with E-state index in [4.69, 9.17) is 0 Å². The monoisotopic (exact) mass is 967 g/mol. The summed E-state index contributed by atoms with van der Waals surface area (Å²) in [6, 6.07) is 67.8. The van der Waals surface area contributed by atoms with Gasteiger partial charge in [-0.05, 0) is 147 Å². The van der Waals surface area contributed by atoms with Crippen LogP contribution in [0.3, 0.4) is 0 Å². The van der Waals surface area contributed by atoms with Crippen LogP contribution in [0.4, 0.5) is 17.1 Å². The lowest BCUT2D eigenvalue weighted by atomic mass is 9.78. The molecule has 74 heavy (non-hydrogen) atoms. The molecule has 2 nitrogen and oxygen atoms in total. The second kappa shape index (κ2) is 17.2. The summed E-state index contributed by atoms with van der Waals surface area (Å²) >= 11 is 0. The predicted octanol–water partition coefficient (Wildman–Crippen LogP) is 21.0. The zero-order valence-corrected chi connectivity index (χ0v) is 46.6. The van der Waals surface area contributed by atoms with E-state index >= 15 is 0 Å². The van der Waals surface area contributed by atoms with Crippen LogP contribution in [0.25, 0.3) is 82.1 Å². The number of fused-ring (bicyclic) bond motifs is 3. The summed E-state index contributed by atoms with van der Waals surface area (Å²) in [5.41, 5.74) is 18.6. The topological polar surface area (TPSA) is 8.17 Å². The summed E-state index contributed by atoms with van der Waals surface area (Å²) in [5, 5.41) is 10.1. The van der Waals surface area contributed by atoms with Crippen molar-refractivity contribution >= 4 is 71.2 Å². The van der Waals surface area contributed by atoms with E-state index in [1.54, 1.807) is 0 Å². The van der Waals surface area contributed by atoms with Gasteiger partial charge in [0, 0.05) is 32.9 Å². The fourth-order valence-electron chi connectivity index (χ4n) is 11.2. The van der Waals surface area contributed by atoms with Crippen LogP contribution in [0.15, 0.2) is 176 Å². The lowest BCUT2D eigenvalue weighted by Gasteiger charge is -2.31. The van der Waals surface area contributed by atoms with Gasteiger partial charge in [-0.3, -0.25) is 0 Å².